The van der Waals surface area contributed by atoms with Crippen LogP contribution in [0.25, 0.3) is 11.0 Å². The molecule has 0 saturated heterocycles. The number of carboxylic acids is 1. The summed E-state index contributed by atoms with van der Waals surface area (Å²) in [4.78, 5) is 14.9. The molecular formula is C14H19N3O3. The Kier molecular flexibility index (Phi) is 4.36. The number of hydrogen-bond acceptors (Lipinski definition) is 4. The van der Waals surface area contributed by atoms with Gasteiger partial charge in [-0.15, -0.1) is 0 Å². The topological polar surface area (TPSA) is 87.4 Å². The first kappa shape index (κ1) is 14.5. The maximum absolute atomic E-state index is 10.6. The smallest absolute Gasteiger partial charge is 0.303 e. The molecule has 0 aliphatic rings. The third kappa shape index (κ3) is 2.97. The molecule has 0 aliphatic carbocycles. The number of aromatic nitrogens is 2. The monoisotopic (exact) mass is 277 g/mol. The molecule has 0 fully saturated rings. The van der Waals surface area contributed by atoms with Gasteiger partial charge in [0.05, 0.1) is 23.5 Å². The number of aliphatic hydroxyl groups is 1. The maximum Gasteiger partial charge on any atom is 0.303 e. The summed E-state index contributed by atoms with van der Waals surface area (Å²) < 4.78 is 1.91. The zero-order chi connectivity index (χ0) is 14.7. The molecule has 6 nitrogen and oxygen atoms in total. The van der Waals surface area contributed by atoms with Crippen LogP contribution in [0.1, 0.15) is 24.5 Å². The van der Waals surface area contributed by atoms with Gasteiger partial charge in [0, 0.05) is 19.5 Å². The van der Waals surface area contributed by atoms with Crippen molar-refractivity contribution < 1.29 is 15.0 Å². The molecule has 2 rings (SSSR count). The molecule has 1 aromatic heterocycles. The van der Waals surface area contributed by atoms with Gasteiger partial charge in [-0.3, -0.25) is 4.79 Å². The third-order valence-corrected chi connectivity index (χ3v) is 3.51. The third-order valence-electron chi connectivity index (χ3n) is 3.51. The number of carbonyl (C=O) groups is 1. The summed E-state index contributed by atoms with van der Waals surface area (Å²) in [5, 5.41) is 22.1. The minimum Gasteiger partial charge on any atom is -0.481 e. The molecule has 0 radical (unpaired) electrons. The van der Waals surface area contributed by atoms with Crippen LogP contribution in [0.4, 0.5) is 0 Å². The summed E-state index contributed by atoms with van der Waals surface area (Å²) in [6, 6.07) is 5.29. The van der Waals surface area contributed by atoms with Crippen LogP contribution in [0.2, 0.25) is 0 Å². The standard InChI is InChI=1S/C14H19N3O3/c1-15-10(4-6-13(18)19)14(20)9-3-5-12-11(7-9)16-8-17(12)2/h3,5,7-8,10,14-15,20H,4,6H2,1-2H3,(H,18,19). The molecule has 2 aromatic rings. The zero-order valence-electron chi connectivity index (χ0n) is 11.6. The number of aryl methyl sites for hydroxylation is 1. The van der Waals surface area contributed by atoms with E-state index in [-0.39, 0.29) is 12.5 Å². The van der Waals surface area contributed by atoms with Crippen molar-refractivity contribution >= 4 is 17.0 Å². The summed E-state index contributed by atoms with van der Waals surface area (Å²) in [5.41, 5.74) is 2.55. The summed E-state index contributed by atoms with van der Waals surface area (Å²) >= 11 is 0. The number of imidazole rings is 1. The number of likely N-dealkylation sites (N-methyl/N-ethyl adjacent to an activating group) is 1. The van der Waals surface area contributed by atoms with Crippen LogP contribution >= 0.6 is 0 Å². The Morgan fingerprint density at radius 3 is 2.90 bits per heavy atom. The molecule has 1 aromatic carbocycles. The minimum absolute atomic E-state index is 0.0222. The fourth-order valence-corrected chi connectivity index (χ4v) is 2.31. The Hall–Kier alpha value is -1.92. The van der Waals surface area contributed by atoms with Crippen LogP contribution in [0.15, 0.2) is 24.5 Å². The molecule has 20 heavy (non-hydrogen) atoms. The molecule has 3 N–H and O–H groups in total. The second-order valence-electron chi connectivity index (χ2n) is 4.88. The molecule has 2 unspecified atom stereocenters. The minimum atomic E-state index is -0.863. The Balaban J connectivity index is 2.19. The zero-order valence-corrected chi connectivity index (χ0v) is 11.6. The highest BCUT2D eigenvalue weighted by atomic mass is 16.4. The average Bonchev–Trinajstić information content (AvgIpc) is 2.80. The molecule has 0 amide bonds. The highest BCUT2D eigenvalue weighted by molar-refractivity contribution is 5.76. The van der Waals surface area contributed by atoms with Gasteiger partial charge in [-0.05, 0) is 31.2 Å². The predicted molar refractivity (Wildman–Crippen MR) is 75.4 cm³/mol. The van der Waals surface area contributed by atoms with Gasteiger partial charge in [0.15, 0.2) is 0 Å². The van der Waals surface area contributed by atoms with E-state index in [0.717, 1.165) is 16.6 Å². The molecule has 0 bridgehead atoms. The van der Waals surface area contributed by atoms with Crippen LogP contribution in [-0.2, 0) is 11.8 Å². The lowest BCUT2D eigenvalue weighted by Gasteiger charge is -2.22. The number of benzene rings is 1. The van der Waals surface area contributed by atoms with Crippen molar-refractivity contribution in [3.63, 3.8) is 0 Å². The van der Waals surface area contributed by atoms with Crippen LogP contribution in [-0.4, -0.2) is 38.8 Å². The van der Waals surface area contributed by atoms with Crippen molar-refractivity contribution in [2.24, 2.45) is 7.05 Å². The number of nitrogens with zero attached hydrogens (tertiary/aromatic N) is 2. The highest BCUT2D eigenvalue weighted by Crippen LogP contribution is 2.23. The van der Waals surface area contributed by atoms with E-state index in [1.54, 1.807) is 13.4 Å². The van der Waals surface area contributed by atoms with E-state index < -0.39 is 12.1 Å². The van der Waals surface area contributed by atoms with E-state index in [4.69, 9.17) is 5.11 Å². The molecule has 1 heterocycles. The van der Waals surface area contributed by atoms with Gasteiger partial charge >= 0.3 is 5.97 Å². The lowest BCUT2D eigenvalue weighted by atomic mass is 9.98. The second kappa shape index (κ2) is 6.02. The van der Waals surface area contributed by atoms with Crippen molar-refractivity contribution in [2.75, 3.05) is 7.05 Å². The van der Waals surface area contributed by atoms with Gasteiger partial charge in [0.2, 0.25) is 0 Å². The second-order valence-corrected chi connectivity index (χ2v) is 4.88. The number of fused-ring (bicyclic) bond motifs is 1. The van der Waals surface area contributed by atoms with E-state index >= 15 is 0 Å². The summed E-state index contributed by atoms with van der Waals surface area (Å²) in [6.07, 6.45) is 1.35. The van der Waals surface area contributed by atoms with Crippen LogP contribution < -0.4 is 5.32 Å². The number of aliphatic hydroxyl groups excluding tert-OH is 1. The van der Waals surface area contributed by atoms with E-state index in [9.17, 15) is 9.90 Å². The molecule has 0 aliphatic heterocycles. The van der Waals surface area contributed by atoms with Crippen molar-refractivity contribution in [1.29, 1.82) is 0 Å². The maximum atomic E-state index is 10.6. The first-order valence-electron chi connectivity index (χ1n) is 6.51. The van der Waals surface area contributed by atoms with Gasteiger partial charge in [-0.2, -0.15) is 0 Å². The molecule has 108 valence electrons. The molecule has 6 heteroatoms. The quantitative estimate of drug-likeness (QED) is 0.735. The molecule has 0 spiro atoms. The van der Waals surface area contributed by atoms with Crippen molar-refractivity contribution in [3.8, 4) is 0 Å². The van der Waals surface area contributed by atoms with E-state index in [2.05, 4.69) is 10.3 Å². The van der Waals surface area contributed by atoms with E-state index in [1.807, 2.05) is 29.8 Å². The van der Waals surface area contributed by atoms with Crippen molar-refractivity contribution in [2.45, 2.75) is 25.0 Å². The lowest BCUT2D eigenvalue weighted by molar-refractivity contribution is -0.137. The summed E-state index contributed by atoms with van der Waals surface area (Å²) in [7, 11) is 3.63. The van der Waals surface area contributed by atoms with E-state index in [0.29, 0.717) is 6.42 Å². The van der Waals surface area contributed by atoms with Gasteiger partial charge in [0.25, 0.3) is 0 Å². The fraction of sp³-hybridized carbons (Fsp3) is 0.429. The SMILES string of the molecule is CNC(CCC(=O)O)C(O)c1ccc2c(c1)ncn2C. The van der Waals surface area contributed by atoms with Gasteiger partial charge in [-0.25, -0.2) is 4.98 Å². The Bertz CT molecular complexity index is 609. The predicted octanol–water partition coefficient (Wildman–Crippen LogP) is 1.06. The Morgan fingerprint density at radius 1 is 1.50 bits per heavy atom. The van der Waals surface area contributed by atoms with Gasteiger partial charge in [0.1, 0.15) is 0 Å². The first-order valence-corrected chi connectivity index (χ1v) is 6.51. The van der Waals surface area contributed by atoms with Gasteiger partial charge in [-0.1, -0.05) is 6.07 Å². The van der Waals surface area contributed by atoms with Crippen LogP contribution in [0, 0.1) is 0 Å². The highest BCUT2D eigenvalue weighted by Gasteiger charge is 2.20. The fourth-order valence-electron chi connectivity index (χ4n) is 2.31. The van der Waals surface area contributed by atoms with E-state index in [1.165, 1.54) is 0 Å². The Morgan fingerprint density at radius 2 is 2.25 bits per heavy atom. The molecule has 2 atom stereocenters. The number of aliphatic carboxylic acids is 1. The Labute approximate surface area is 117 Å². The number of nitrogens with one attached hydrogen (secondary N) is 1. The van der Waals surface area contributed by atoms with Crippen LogP contribution in [0.3, 0.4) is 0 Å². The lowest BCUT2D eigenvalue weighted by Crippen LogP contribution is -2.32. The number of rotatable bonds is 6. The summed E-state index contributed by atoms with van der Waals surface area (Å²) in [5.74, 6) is -0.863. The molecular weight excluding hydrogens is 258 g/mol. The van der Waals surface area contributed by atoms with Gasteiger partial charge < -0.3 is 20.1 Å². The largest absolute Gasteiger partial charge is 0.481 e. The van der Waals surface area contributed by atoms with Crippen molar-refractivity contribution in [3.05, 3.63) is 30.1 Å². The summed E-state index contributed by atoms with van der Waals surface area (Å²) in [6.45, 7) is 0. The first-order chi connectivity index (χ1) is 9.52. The van der Waals surface area contributed by atoms with Crippen LogP contribution in [0.5, 0.6) is 0 Å². The molecule has 0 saturated carbocycles. The van der Waals surface area contributed by atoms with Crippen molar-refractivity contribution in [1.82, 2.24) is 14.9 Å². The normalized spacial score (nSPS) is 14.3. The number of hydrogen-bond donors (Lipinski definition) is 3. The number of carboxylic acid groups (broad SMARTS) is 1. The average molecular weight is 277 g/mol.